The Labute approximate surface area is 197 Å². The molecule has 0 saturated heterocycles. The molecule has 0 fully saturated rings. The van der Waals surface area contributed by atoms with E-state index in [2.05, 4.69) is 5.32 Å². The number of benzene rings is 2. The number of amides is 1. The highest BCUT2D eigenvalue weighted by atomic mass is 19.1. The molecular weight excluding hydrogens is 439 g/mol. The van der Waals surface area contributed by atoms with Gasteiger partial charge in [0.2, 0.25) is 5.91 Å². The van der Waals surface area contributed by atoms with Crippen LogP contribution in [0.25, 0.3) is 10.9 Å². The Balaban J connectivity index is 1.51. The average Bonchev–Trinajstić information content (AvgIpc) is 3.11. The Kier molecular flexibility index (Phi) is 6.77. The van der Waals surface area contributed by atoms with Crippen molar-refractivity contribution in [1.29, 1.82) is 0 Å². The van der Waals surface area contributed by atoms with Gasteiger partial charge in [-0.15, -0.1) is 0 Å². The zero-order valence-corrected chi connectivity index (χ0v) is 19.3. The predicted octanol–water partition coefficient (Wildman–Crippen LogP) is 4.14. The molecule has 0 aliphatic heterocycles. The summed E-state index contributed by atoms with van der Waals surface area (Å²) in [4.78, 5) is 24.6. The van der Waals surface area contributed by atoms with Crippen LogP contribution in [0.1, 0.15) is 49.0 Å². The van der Waals surface area contributed by atoms with Crippen molar-refractivity contribution >= 4 is 22.8 Å². The molecule has 1 aliphatic rings. The first-order chi connectivity index (χ1) is 16.3. The van der Waals surface area contributed by atoms with Crippen LogP contribution in [-0.4, -0.2) is 39.8 Å². The maximum Gasteiger partial charge on any atom is 0.326 e. The Bertz CT molecular complexity index is 1240. The minimum atomic E-state index is -0.909. The SMILES string of the molecule is CCC(C(=O)O)n1c2c(c3cc(F)ccc31)CC(NC(=O)CCc1ccc(O)c(OC)c1)CC2. The third kappa shape index (κ3) is 4.58. The standard InChI is InChI=1S/C26H29FN2O5/c1-3-20(26(32)33)29-21-8-6-16(27)13-18(21)19-14-17(7-9-22(19)29)28-25(31)11-5-15-4-10-23(30)24(12-15)34-2/h4,6,8,10,12-13,17,20,30H,3,5,7,9,11,14H2,1-2H3,(H,28,31)(H,32,33). The lowest BCUT2D eigenvalue weighted by Crippen LogP contribution is -2.39. The van der Waals surface area contributed by atoms with Gasteiger partial charge in [0.15, 0.2) is 11.5 Å². The second-order valence-electron chi connectivity index (χ2n) is 8.73. The number of carbonyl (C=O) groups is 2. The van der Waals surface area contributed by atoms with Crippen molar-refractivity contribution in [1.82, 2.24) is 9.88 Å². The van der Waals surface area contributed by atoms with Crippen molar-refractivity contribution in [2.24, 2.45) is 0 Å². The summed E-state index contributed by atoms with van der Waals surface area (Å²) < 4.78 is 21.0. The maximum absolute atomic E-state index is 14.1. The van der Waals surface area contributed by atoms with E-state index in [9.17, 15) is 24.2 Å². The number of carboxylic acid groups (broad SMARTS) is 1. The summed E-state index contributed by atoms with van der Waals surface area (Å²) in [5.74, 6) is -0.947. The number of fused-ring (bicyclic) bond motifs is 3. The van der Waals surface area contributed by atoms with Crippen molar-refractivity contribution in [2.45, 2.75) is 57.5 Å². The van der Waals surface area contributed by atoms with Gasteiger partial charge in [0, 0.05) is 29.1 Å². The summed E-state index contributed by atoms with van der Waals surface area (Å²) in [6, 6.07) is 8.66. The summed E-state index contributed by atoms with van der Waals surface area (Å²) in [6.07, 6.45) is 3.02. The summed E-state index contributed by atoms with van der Waals surface area (Å²) in [6.45, 7) is 1.83. The number of aromatic nitrogens is 1. The molecule has 1 aliphatic carbocycles. The summed E-state index contributed by atoms with van der Waals surface area (Å²) in [5.41, 5.74) is 3.42. The number of phenolic OH excluding ortho intramolecular Hbond substituents is 1. The number of ether oxygens (including phenoxy) is 1. The largest absolute Gasteiger partial charge is 0.504 e. The van der Waals surface area contributed by atoms with E-state index in [4.69, 9.17) is 4.74 Å². The molecule has 8 heteroatoms. The fourth-order valence-electron chi connectivity index (χ4n) is 4.95. The number of carboxylic acids is 1. The van der Waals surface area contributed by atoms with E-state index in [-0.39, 0.29) is 29.9 Å². The van der Waals surface area contributed by atoms with Gasteiger partial charge in [-0.1, -0.05) is 13.0 Å². The monoisotopic (exact) mass is 468 g/mol. The fraction of sp³-hybridized carbons (Fsp3) is 0.385. The Morgan fingerprint density at radius 3 is 2.76 bits per heavy atom. The lowest BCUT2D eigenvalue weighted by Gasteiger charge is -2.26. The topological polar surface area (TPSA) is 101 Å². The van der Waals surface area contributed by atoms with Crippen LogP contribution in [0.4, 0.5) is 4.39 Å². The van der Waals surface area contributed by atoms with Crippen LogP contribution in [0, 0.1) is 5.82 Å². The Morgan fingerprint density at radius 2 is 2.06 bits per heavy atom. The van der Waals surface area contributed by atoms with Gasteiger partial charge >= 0.3 is 5.97 Å². The van der Waals surface area contributed by atoms with Crippen LogP contribution in [0.5, 0.6) is 11.5 Å². The Hall–Kier alpha value is -3.55. The minimum Gasteiger partial charge on any atom is -0.504 e. The first-order valence-electron chi connectivity index (χ1n) is 11.5. The number of aliphatic carboxylic acids is 1. The van der Waals surface area contributed by atoms with E-state index >= 15 is 0 Å². The van der Waals surface area contributed by atoms with Crippen LogP contribution in [0.2, 0.25) is 0 Å². The number of phenols is 1. The van der Waals surface area contributed by atoms with Crippen molar-refractivity contribution in [2.75, 3.05) is 7.11 Å². The summed E-state index contributed by atoms with van der Waals surface area (Å²) in [7, 11) is 1.48. The zero-order chi connectivity index (χ0) is 24.4. The molecule has 1 aromatic heterocycles. The van der Waals surface area contributed by atoms with Crippen LogP contribution in [0.15, 0.2) is 36.4 Å². The average molecular weight is 469 g/mol. The van der Waals surface area contributed by atoms with Crippen molar-refractivity contribution in [3.63, 3.8) is 0 Å². The number of aryl methyl sites for hydroxylation is 1. The number of hydrogen-bond acceptors (Lipinski definition) is 4. The van der Waals surface area contributed by atoms with E-state index in [0.717, 1.165) is 16.8 Å². The molecule has 0 radical (unpaired) electrons. The summed E-state index contributed by atoms with van der Waals surface area (Å²) in [5, 5.41) is 23.3. The van der Waals surface area contributed by atoms with Gasteiger partial charge in [-0.3, -0.25) is 4.79 Å². The molecule has 7 nitrogen and oxygen atoms in total. The quantitative estimate of drug-likeness (QED) is 0.461. The number of nitrogens with one attached hydrogen (secondary N) is 1. The highest BCUT2D eigenvalue weighted by Crippen LogP contribution is 2.36. The molecule has 3 aromatic rings. The van der Waals surface area contributed by atoms with Crippen LogP contribution < -0.4 is 10.1 Å². The number of aromatic hydroxyl groups is 1. The van der Waals surface area contributed by atoms with Crippen molar-refractivity contribution < 1.29 is 28.9 Å². The zero-order valence-electron chi connectivity index (χ0n) is 19.3. The molecule has 0 saturated carbocycles. The second kappa shape index (κ2) is 9.75. The van der Waals surface area contributed by atoms with Crippen LogP contribution in [0.3, 0.4) is 0 Å². The molecule has 180 valence electrons. The van der Waals surface area contributed by atoms with Gasteiger partial charge in [0.25, 0.3) is 0 Å². The molecule has 34 heavy (non-hydrogen) atoms. The highest BCUT2D eigenvalue weighted by Gasteiger charge is 2.30. The van der Waals surface area contributed by atoms with Gasteiger partial charge in [0.1, 0.15) is 11.9 Å². The van der Waals surface area contributed by atoms with Crippen LogP contribution >= 0.6 is 0 Å². The Morgan fingerprint density at radius 1 is 1.26 bits per heavy atom. The summed E-state index contributed by atoms with van der Waals surface area (Å²) >= 11 is 0. The maximum atomic E-state index is 14.1. The van der Waals surface area contributed by atoms with Crippen molar-refractivity contribution in [3.8, 4) is 11.5 Å². The van der Waals surface area contributed by atoms with E-state index in [1.165, 1.54) is 19.2 Å². The van der Waals surface area contributed by atoms with Gasteiger partial charge in [-0.05, 0) is 73.6 Å². The highest BCUT2D eigenvalue weighted by molar-refractivity contribution is 5.88. The van der Waals surface area contributed by atoms with E-state index in [1.807, 2.05) is 11.5 Å². The first-order valence-corrected chi connectivity index (χ1v) is 11.5. The van der Waals surface area contributed by atoms with Crippen LogP contribution in [-0.2, 0) is 28.9 Å². The molecule has 2 unspecified atom stereocenters. The van der Waals surface area contributed by atoms with Gasteiger partial charge in [-0.2, -0.15) is 0 Å². The van der Waals surface area contributed by atoms with Gasteiger partial charge in [0.05, 0.1) is 7.11 Å². The van der Waals surface area contributed by atoms with E-state index < -0.39 is 12.0 Å². The predicted molar refractivity (Wildman–Crippen MR) is 126 cm³/mol. The minimum absolute atomic E-state index is 0.0533. The van der Waals surface area contributed by atoms with Gasteiger partial charge < -0.3 is 24.8 Å². The third-order valence-corrected chi connectivity index (χ3v) is 6.60. The molecule has 1 amide bonds. The normalized spacial score (nSPS) is 16.1. The first kappa shape index (κ1) is 23.6. The smallest absolute Gasteiger partial charge is 0.326 e. The molecule has 2 aromatic carbocycles. The van der Waals surface area contributed by atoms with E-state index in [0.29, 0.717) is 48.8 Å². The van der Waals surface area contributed by atoms with Crippen molar-refractivity contribution in [3.05, 3.63) is 59.0 Å². The number of hydrogen-bond donors (Lipinski definition) is 3. The second-order valence-corrected chi connectivity index (χ2v) is 8.73. The van der Waals surface area contributed by atoms with E-state index in [1.54, 1.807) is 24.3 Å². The molecule has 4 rings (SSSR count). The number of methoxy groups -OCH3 is 1. The molecule has 1 heterocycles. The number of halogens is 1. The molecule has 3 N–H and O–H groups in total. The number of nitrogens with zero attached hydrogens (tertiary/aromatic N) is 1. The molecule has 0 bridgehead atoms. The molecule has 2 atom stereocenters. The number of carbonyl (C=O) groups excluding carboxylic acids is 1. The third-order valence-electron chi connectivity index (χ3n) is 6.60. The molecular formula is C26H29FN2O5. The molecule has 0 spiro atoms. The van der Waals surface area contributed by atoms with Gasteiger partial charge in [-0.25, -0.2) is 9.18 Å². The number of rotatable bonds is 8. The fourth-order valence-corrected chi connectivity index (χ4v) is 4.95. The lowest BCUT2D eigenvalue weighted by atomic mass is 9.91. The lowest BCUT2D eigenvalue weighted by molar-refractivity contribution is -0.141.